The number of aromatic nitrogens is 1. The summed E-state index contributed by atoms with van der Waals surface area (Å²) < 4.78 is 0. The van der Waals surface area contributed by atoms with E-state index in [1.54, 1.807) is 0 Å². The Bertz CT molecular complexity index is 519. The molecule has 0 aliphatic rings. The molecule has 0 saturated heterocycles. The van der Waals surface area contributed by atoms with Gasteiger partial charge in [0.1, 0.15) is 0 Å². The molecular formula is C13H18N4O4. The average Bonchev–Trinajstić information content (AvgIpc) is 2.45. The van der Waals surface area contributed by atoms with Crippen molar-refractivity contribution in [1.29, 1.82) is 0 Å². The fourth-order valence-electron chi connectivity index (χ4n) is 1.52. The molecule has 3 amide bonds. The molecule has 0 aliphatic carbocycles. The van der Waals surface area contributed by atoms with Gasteiger partial charge in [-0.1, -0.05) is 0 Å². The smallest absolute Gasteiger partial charge is 0.335 e. The van der Waals surface area contributed by atoms with Crippen molar-refractivity contribution < 1.29 is 19.5 Å². The molecule has 21 heavy (non-hydrogen) atoms. The second-order valence-corrected chi connectivity index (χ2v) is 4.15. The number of carbonyl (C=O) groups is 3. The molecule has 0 spiro atoms. The van der Waals surface area contributed by atoms with Crippen molar-refractivity contribution in [3.8, 4) is 0 Å². The third-order valence-corrected chi connectivity index (χ3v) is 2.51. The number of urea groups is 1. The first-order valence-electron chi connectivity index (χ1n) is 6.49. The van der Waals surface area contributed by atoms with Crippen LogP contribution < -0.4 is 16.0 Å². The molecule has 1 aromatic rings. The predicted octanol–water partition coefficient (Wildman–Crippen LogP) is 0.105. The second-order valence-electron chi connectivity index (χ2n) is 4.15. The van der Waals surface area contributed by atoms with Crippen molar-refractivity contribution in [2.24, 2.45) is 0 Å². The summed E-state index contributed by atoms with van der Waals surface area (Å²) in [6.07, 6.45) is 1.57. The molecule has 114 valence electrons. The number of nitrogens with one attached hydrogen (secondary N) is 3. The monoisotopic (exact) mass is 294 g/mol. The largest absolute Gasteiger partial charge is 0.478 e. The molecule has 1 aromatic heterocycles. The number of hydrogen-bond acceptors (Lipinski definition) is 4. The number of pyridine rings is 1. The van der Waals surface area contributed by atoms with Crippen LogP contribution >= 0.6 is 0 Å². The van der Waals surface area contributed by atoms with Gasteiger partial charge in [0.2, 0.25) is 5.91 Å². The summed E-state index contributed by atoms with van der Waals surface area (Å²) in [4.78, 5) is 37.4. The number of carboxylic acids is 1. The lowest BCUT2D eigenvalue weighted by Crippen LogP contribution is -2.37. The summed E-state index contributed by atoms with van der Waals surface area (Å²) in [5.74, 6) is -1.18. The molecule has 8 heteroatoms. The molecule has 0 fully saturated rings. The lowest BCUT2D eigenvalue weighted by Gasteiger charge is -2.07. The van der Waals surface area contributed by atoms with Gasteiger partial charge in [0.25, 0.3) is 0 Å². The Morgan fingerprint density at radius 3 is 2.67 bits per heavy atom. The third kappa shape index (κ3) is 6.37. The van der Waals surface area contributed by atoms with Crippen LogP contribution in [0.25, 0.3) is 0 Å². The second kappa shape index (κ2) is 8.51. The fraction of sp³-hybridized carbons (Fsp3) is 0.385. The maximum atomic E-state index is 11.5. The number of carboxylic acid groups (broad SMARTS) is 1. The van der Waals surface area contributed by atoms with Gasteiger partial charge in [-0.2, -0.15) is 0 Å². The van der Waals surface area contributed by atoms with E-state index in [1.807, 2.05) is 6.92 Å². The van der Waals surface area contributed by atoms with E-state index in [1.165, 1.54) is 18.3 Å². The molecule has 1 rings (SSSR count). The highest BCUT2D eigenvalue weighted by Gasteiger charge is 2.06. The van der Waals surface area contributed by atoms with Crippen LogP contribution in [-0.4, -0.2) is 41.1 Å². The van der Waals surface area contributed by atoms with Crippen LogP contribution in [0, 0.1) is 0 Å². The zero-order valence-electron chi connectivity index (χ0n) is 11.7. The van der Waals surface area contributed by atoms with Crippen LogP contribution in [0.1, 0.15) is 29.4 Å². The van der Waals surface area contributed by atoms with Crippen LogP contribution in [0.2, 0.25) is 0 Å². The highest BCUT2D eigenvalue weighted by molar-refractivity contribution is 5.87. The van der Waals surface area contributed by atoms with E-state index in [-0.39, 0.29) is 31.0 Å². The summed E-state index contributed by atoms with van der Waals surface area (Å²) in [7, 11) is 0. The van der Waals surface area contributed by atoms with Gasteiger partial charge < -0.3 is 21.1 Å². The van der Waals surface area contributed by atoms with E-state index in [4.69, 9.17) is 5.11 Å². The van der Waals surface area contributed by atoms with Gasteiger partial charge in [0.05, 0.1) is 17.8 Å². The lowest BCUT2D eigenvalue weighted by atomic mass is 10.2. The van der Waals surface area contributed by atoms with Crippen molar-refractivity contribution in [3.63, 3.8) is 0 Å². The summed E-state index contributed by atoms with van der Waals surface area (Å²) in [5, 5.41) is 16.5. The molecule has 4 N–H and O–H groups in total. The zero-order valence-corrected chi connectivity index (χ0v) is 11.7. The highest BCUT2D eigenvalue weighted by Crippen LogP contribution is 2.01. The van der Waals surface area contributed by atoms with E-state index in [2.05, 4.69) is 20.9 Å². The fourth-order valence-corrected chi connectivity index (χ4v) is 1.52. The molecule has 1 heterocycles. The summed E-state index contributed by atoms with van der Waals surface area (Å²) >= 11 is 0. The van der Waals surface area contributed by atoms with Crippen LogP contribution in [0.5, 0.6) is 0 Å². The van der Waals surface area contributed by atoms with E-state index >= 15 is 0 Å². The van der Waals surface area contributed by atoms with E-state index in [0.29, 0.717) is 12.2 Å². The normalized spacial score (nSPS) is 9.76. The molecule has 0 atom stereocenters. The highest BCUT2D eigenvalue weighted by atomic mass is 16.4. The quantitative estimate of drug-likeness (QED) is 0.568. The van der Waals surface area contributed by atoms with Crippen LogP contribution in [0.3, 0.4) is 0 Å². The van der Waals surface area contributed by atoms with Gasteiger partial charge in [-0.25, -0.2) is 9.59 Å². The maximum absolute atomic E-state index is 11.5. The van der Waals surface area contributed by atoms with Crippen molar-refractivity contribution in [2.75, 3.05) is 13.1 Å². The Hall–Kier alpha value is -2.64. The minimum absolute atomic E-state index is 0.105. The summed E-state index contributed by atoms with van der Waals surface area (Å²) in [6, 6.07) is 2.32. The molecule has 0 aromatic carbocycles. The maximum Gasteiger partial charge on any atom is 0.335 e. The number of nitrogens with zero attached hydrogens (tertiary/aromatic N) is 1. The summed E-state index contributed by atoms with van der Waals surface area (Å²) in [5.41, 5.74) is 0.548. The molecular weight excluding hydrogens is 276 g/mol. The van der Waals surface area contributed by atoms with E-state index < -0.39 is 12.0 Å². The van der Waals surface area contributed by atoms with Crippen LogP contribution in [0.15, 0.2) is 18.3 Å². The van der Waals surface area contributed by atoms with E-state index in [9.17, 15) is 14.4 Å². The first-order chi connectivity index (χ1) is 10.0. The zero-order chi connectivity index (χ0) is 15.7. The van der Waals surface area contributed by atoms with Crippen molar-refractivity contribution in [2.45, 2.75) is 19.9 Å². The Labute approximate surface area is 121 Å². The SMILES string of the molecule is CCNC(=O)CCNC(=O)NCc1cc(C(=O)O)ccn1. The van der Waals surface area contributed by atoms with Gasteiger partial charge >= 0.3 is 12.0 Å². The molecule has 0 unspecified atom stereocenters. The number of aromatic carboxylic acids is 1. The number of carbonyl (C=O) groups excluding carboxylic acids is 2. The minimum atomic E-state index is -1.05. The Morgan fingerprint density at radius 2 is 2.00 bits per heavy atom. The predicted molar refractivity (Wildman–Crippen MR) is 74.7 cm³/mol. The number of amides is 3. The number of hydrogen-bond donors (Lipinski definition) is 4. The van der Waals surface area contributed by atoms with Crippen molar-refractivity contribution >= 4 is 17.9 Å². The Morgan fingerprint density at radius 1 is 1.24 bits per heavy atom. The standard InChI is InChI=1S/C13H18N4O4/c1-2-14-11(18)4-6-16-13(21)17-8-10-7-9(12(19)20)3-5-15-10/h3,5,7H,2,4,6,8H2,1H3,(H,14,18)(H,19,20)(H2,16,17,21). The minimum Gasteiger partial charge on any atom is -0.478 e. The van der Waals surface area contributed by atoms with Gasteiger partial charge in [0, 0.05) is 25.7 Å². The van der Waals surface area contributed by atoms with Crippen molar-refractivity contribution in [1.82, 2.24) is 20.9 Å². The average molecular weight is 294 g/mol. The topological polar surface area (TPSA) is 120 Å². The first-order valence-corrected chi connectivity index (χ1v) is 6.49. The third-order valence-electron chi connectivity index (χ3n) is 2.51. The van der Waals surface area contributed by atoms with Gasteiger partial charge in [-0.3, -0.25) is 9.78 Å². The number of rotatable bonds is 7. The molecule has 0 bridgehead atoms. The summed E-state index contributed by atoms with van der Waals surface area (Å²) in [6.45, 7) is 2.70. The molecule has 0 aliphatic heterocycles. The molecule has 8 nitrogen and oxygen atoms in total. The van der Waals surface area contributed by atoms with Crippen molar-refractivity contribution in [3.05, 3.63) is 29.6 Å². The molecule has 0 radical (unpaired) electrons. The van der Waals surface area contributed by atoms with Crippen LogP contribution in [0.4, 0.5) is 4.79 Å². The Balaban J connectivity index is 2.31. The van der Waals surface area contributed by atoms with E-state index in [0.717, 1.165) is 0 Å². The Kier molecular flexibility index (Phi) is 6.66. The first kappa shape index (κ1) is 16.4. The van der Waals surface area contributed by atoms with Gasteiger partial charge in [0.15, 0.2) is 0 Å². The van der Waals surface area contributed by atoms with Gasteiger partial charge in [-0.05, 0) is 19.1 Å². The molecule has 0 saturated carbocycles. The van der Waals surface area contributed by atoms with Crippen LogP contribution in [-0.2, 0) is 11.3 Å². The van der Waals surface area contributed by atoms with Gasteiger partial charge in [-0.15, -0.1) is 0 Å². The lowest BCUT2D eigenvalue weighted by molar-refractivity contribution is -0.120.